The minimum atomic E-state index is -0.667. The average molecular weight is 356 g/mol. The highest BCUT2D eigenvalue weighted by molar-refractivity contribution is 5.91. The molecule has 0 aliphatic carbocycles. The van der Waals surface area contributed by atoms with E-state index in [9.17, 15) is 9.90 Å². The molecule has 3 rings (SSSR count). The molecule has 138 valence electrons. The van der Waals surface area contributed by atoms with Crippen molar-refractivity contribution < 1.29 is 19.4 Å². The second kappa shape index (κ2) is 8.21. The van der Waals surface area contributed by atoms with E-state index in [-0.39, 0.29) is 18.7 Å². The van der Waals surface area contributed by atoms with E-state index in [2.05, 4.69) is 5.32 Å². The third kappa shape index (κ3) is 4.15. The molecular weight excluding hydrogens is 332 g/mol. The molecule has 2 N–H and O–H groups in total. The molecule has 2 amide bonds. The van der Waals surface area contributed by atoms with Crippen LogP contribution in [0, 0.1) is 6.92 Å². The summed E-state index contributed by atoms with van der Waals surface area (Å²) in [6.45, 7) is 4.93. The van der Waals surface area contributed by atoms with Crippen molar-refractivity contribution in [3.05, 3.63) is 54.1 Å². The van der Waals surface area contributed by atoms with Crippen LogP contribution in [-0.2, 0) is 4.74 Å². The van der Waals surface area contributed by atoms with Gasteiger partial charge in [-0.05, 0) is 43.7 Å². The van der Waals surface area contributed by atoms with Crippen molar-refractivity contribution in [3.63, 3.8) is 0 Å². The largest absolute Gasteiger partial charge is 0.455 e. The van der Waals surface area contributed by atoms with Gasteiger partial charge in [0.1, 0.15) is 5.75 Å². The van der Waals surface area contributed by atoms with Crippen LogP contribution in [0.2, 0.25) is 0 Å². The Bertz CT molecular complexity index is 765. The Hall–Kier alpha value is -2.57. The fourth-order valence-electron chi connectivity index (χ4n) is 3.01. The molecule has 1 saturated heterocycles. The van der Waals surface area contributed by atoms with Crippen molar-refractivity contribution in [2.45, 2.75) is 26.0 Å². The highest BCUT2D eigenvalue weighted by atomic mass is 16.5. The first kappa shape index (κ1) is 18.2. The van der Waals surface area contributed by atoms with Gasteiger partial charge in [-0.2, -0.15) is 0 Å². The molecule has 2 atom stereocenters. The second-order valence-corrected chi connectivity index (χ2v) is 6.30. The Kier molecular flexibility index (Phi) is 5.75. The highest BCUT2D eigenvalue weighted by Gasteiger charge is 2.33. The van der Waals surface area contributed by atoms with Crippen LogP contribution in [0.5, 0.6) is 11.5 Å². The van der Waals surface area contributed by atoms with Crippen LogP contribution < -0.4 is 10.1 Å². The maximum absolute atomic E-state index is 12.7. The van der Waals surface area contributed by atoms with Crippen LogP contribution in [0.3, 0.4) is 0 Å². The maximum atomic E-state index is 12.7. The van der Waals surface area contributed by atoms with E-state index in [1.165, 1.54) is 0 Å². The Morgan fingerprint density at radius 1 is 1.27 bits per heavy atom. The number of nitrogens with zero attached hydrogens (tertiary/aromatic N) is 1. The molecule has 0 bridgehead atoms. The van der Waals surface area contributed by atoms with E-state index >= 15 is 0 Å². The van der Waals surface area contributed by atoms with Gasteiger partial charge in [0.2, 0.25) is 0 Å². The number of urea groups is 1. The number of ether oxygens (including phenoxy) is 2. The quantitative estimate of drug-likeness (QED) is 0.861. The van der Waals surface area contributed by atoms with E-state index in [1.807, 2.05) is 56.3 Å². The van der Waals surface area contributed by atoms with Gasteiger partial charge in [-0.1, -0.05) is 24.3 Å². The number of aryl methyl sites for hydroxylation is 1. The van der Waals surface area contributed by atoms with Crippen molar-refractivity contribution in [1.29, 1.82) is 0 Å². The number of aliphatic hydroxyl groups excluding tert-OH is 1. The van der Waals surface area contributed by atoms with Crippen LogP contribution in [0.15, 0.2) is 48.5 Å². The second-order valence-electron chi connectivity index (χ2n) is 6.30. The van der Waals surface area contributed by atoms with E-state index in [4.69, 9.17) is 9.47 Å². The molecule has 0 spiro atoms. The van der Waals surface area contributed by atoms with Crippen molar-refractivity contribution in [3.8, 4) is 11.5 Å². The van der Waals surface area contributed by atoms with Crippen molar-refractivity contribution in [2.75, 3.05) is 25.1 Å². The van der Waals surface area contributed by atoms with E-state index in [0.29, 0.717) is 30.3 Å². The smallest absolute Gasteiger partial charge is 0.322 e. The summed E-state index contributed by atoms with van der Waals surface area (Å²) >= 11 is 0. The summed E-state index contributed by atoms with van der Waals surface area (Å²) in [5.74, 6) is 1.27. The van der Waals surface area contributed by atoms with Crippen LogP contribution >= 0.6 is 0 Å². The summed E-state index contributed by atoms with van der Waals surface area (Å²) < 4.78 is 11.2. The molecule has 1 aliphatic rings. The molecule has 0 aromatic heterocycles. The zero-order valence-corrected chi connectivity index (χ0v) is 15.0. The zero-order valence-electron chi connectivity index (χ0n) is 15.0. The number of para-hydroxylation sites is 2. The number of carbonyl (C=O) groups is 1. The standard InChI is InChI=1S/C20H24N2O4/c1-3-22(17-12-25-13-18(17)23)20(24)21-16-9-4-5-10-19(16)26-15-8-6-7-14(2)11-15/h4-11,17-18,23H,3,12-13H2,1-2H3,(H,21,24)/t17-,18-/m1/s1. The van der Waals surface area contributed by atoms with Crippen LogP contribution in [0.4, 0.5) is 10.5 Å². The lowest BCUT2D eigenvalue weighted by Crippen LogP contribution is -2.48. The molecule has 1 aliphatic heterocycles. The zero-order chi connectivity index (χ0) is 18.5. The molecule has 26 heavy (non-hydrogen) atoms. The SMILES string of the molecule is CCN(C(=O)Nc1ccccc1Oc1cccc(C)c1)[C@@H]1COC[C@H]1O. The number of benzene rings is 2. The number of anilines is 1. The highest BCUT2D eigenvalue weighted by Crippen LogP contribution is 2.30. The summed E-state index contributed by atoms with van der Waals surface area (Å²) in [6, 6.07) is 14.4. The molecular formula is C20H24N2O4. The van der Waals surface area contributed by atoms with Gasteiger partial charge < -0.3 is 24.8 Å². The molecule has 1 fully saturated rings. The minimum Gasteiger partial charge on any atom is -0.455 e. The summed E-state index contributed by atoms with van der Waals surface area (Å²) in [4.78, 5) is 14.3. The molecule has 6 heteroatoms. The third-order valence-corrected chi connectivity index (χ3v) is 4.37. The molecule has 0 unspecified atom stereocenters. The first-order valence-corrected chi connectivity index (χ1v) is 8.75. The first-order valence-electron chi connectivity index (χ1n) is 8.75. The number of amides is 2. The molecule has 2 aromatic carbocycles. The van der Waals surface area contributed by atoms with Gasteiger partial charge >= 0.3 is 6.03 Å². The van der Waals surface area contributed by atoms with E-state index in [0.717, 1.165) is 5.56 Å². The number of hydrogen-bond donors (Lipinski definition) is 2. The summed E-state index contributed by atoms with van der Waals surface area (Å²) in [7, 11) is 0. The Labute approximate surface area is 153 Å². The predicted molar refractivity (Wildman–Crippen MR) is 99.7 cm³/mol. The maximum Gasteiger partial charge on any atom is 0.322 e. The Balaban J connectivity index is 1.76. The Morgan fingerprint density at radius 2 is 2.08 bits per heavy atom. The van der Waals surface area contributed by atoms with Crippen LogP contribution in [0.25, 0.3) is 0 Å². The molecule has 2 aromatic rings. The molecule has 0 saturated carbocycles. The number of aliphatic hydroxyl groups is 1. The van der Waals surface area contributed by atoms with E-state index < -0.39 is 6.10 Å². The number of likely N-dealkylation sites (N-methyl/N-ethyl adjacent to an activating group) is 1. The van der Waals surface area contributed by atoms with Crippen molar-refractivity contribution >= 4 is 11.7 Å². The van der Waals surface area contributed by atoms with Gasteiger partial charge in [-0.3, -0.25) is 0 Å². The average Bonchev–Trinajstić information content (AvgIpc) is 3.03. The lowest BCUT2D eigenvalue weighted by molar-refractivity contribution is 0.1000. The minimum absolute atomic E-state index is 0.251. The van der Waals surface area contributed by atoms with Crippen molar-refractivity contribution in [2.24, 2.45) is 0 Å². The fourth-order valence-corrected chi connectivity index (χ4v) is 3.01. The predicted octanol–water partition coefficient (Wildman–Crippen LogP) is 3.40. The van der Waals surface area contributed by atoms with Gasteiger partial charge in [-0.25, -0.2) is 4.79 Å². The molecule has 1 heterocycles. The monoisotopic (exact) mass is 356 g/mol. The Morgan fingerprint density at radius 3 is 2.77 bits per heavy atom. The van der Waals surface area contributed by atoms with Gasteiger partial charge in [0.05, 0.1) is 31.0 Å². The number of hydrogen-bond acceptors (Lipinski definition) is 4. The lowest BCUT2D eigenvalue weighted by atomic mass is 10.2. The van der Waals surface area contributed by atoms with Gasteiger partial charge in [-0.15, -0.1) is 0 Å². The third-order valence-electron chi connectivity index (χ3n) is 4.37. The number of carbonyl (C=O) groups excluding carboxylic acids is 1. The van der Waals surface area contributed by atoms with Gasteiger partial charge in [0, 0.05) is 6.54 Å². The topological polar surface area (TPSA) is 71.0 Å². The number of rotatable bonds is 5. The molecule has 0 radical (unpaired) electrons. The van der Waals surface area contributed by atoms with Gasteiger partial charge in [0.25, 0.3) is 0 Å². The summed E-state index contributed by atoms with van der Waals surface area (Å²) in [5, 5.41) is 12.9. The van der Waals surface area contributed by atoms with E-state index in [1.54, 1.807) is 11.0 Å². The lowest BCUT2D eigenvalue weighted by Gasteiger charge is -2.29. The summed E-state index contributed by atoms with van der Waals surface area (Å²) in [6.07, 6.45) is -0.667. The molecule has 6 nitrogen and oxygen atoms in total. The number of nitrogens with one attached hydrogen (secondary N) is 1. The first-order chi connectivity index (χ1) is 12.6. The summed E-state index contributed by atoms with van der Waals surface area (Å²) in [5.41, 5.74) is 1.67. The van der Waals surface area contributed by atoms with Crippen LogP contribution in [0.1, 0.15) is 12.5 Å². The van der Waals surface area contributed by atoms with Gasteiger partial charge in [0.15, 0.2) is 5.75 Å². The normalized spacial score (nSPS) is 19.2. The van der Waals surface area contributed by atoms with Crippen molar-refractivity contribution in [1.82, 2.24) is 4.90 Å². The fraction of sp³-hybridized carbons (Fsp3) is 0.350. The van der Waals surface area contributed by atoms with Crippen LogP contribution in [-0.4, -0.2) is 47.9 Å².